The Morgan fingerprint density at radius 3 is 3.00 bits per heavy atom. The molecule has 0 bridgehead atoms. The molecule has 1 aromatic carbocycles. The fraction of sp³-hybridized carbons (Fsp3) is 0.438. The number of aromatic nitrogens is 3. The average Bonchev–Trinajstić information content (AvgIpc) is 3.06. The number of Topliss-reactive ketones (excluding diaryl/α,β-unsaturated/α-hetero) is 1. The molecular weight excluding hydrogens is 282 g/mol. The number of aryl methyl sites for hydroxylation is 2. The van der Waals surface area contributed by atoms with Crippen LogP contribution in [-0.4, -0.2) is 26.3 Å². The lowest BCUT2D eigenvalue weighted by Crippen LogP contribution is -2.05. The van der Waals surface area contributed by atoms with Gasteiger partial charge in [0.25, 0.3) is 0 Å². The van der Waals surface area contributed by atoms with Crippen molar-refractivity contribution in [3.63, 3.8) is 0 Å². The lowest BCUT2D eigenvalue weighted by molar-refractivity contribution is 0.102. The van der Waals surface area contributed by atoms with Crippen LogP contribution in [0.3, 0.4) is 0 Å². The smallest absolute Gasteiger partial charge is 0.191 e. The molecule has 2 aliphatic rings. The van der Waals surface area contributed by atoms with E-state index in [0.717, 1.165) is 23.6 Å². The van der Waals surface area contributed by atoms with Gasteiger partial charge in [0.2, 0.25) is 0 Å². The van der Waals surface area contributed by atoms with Gasteiger partial charge in [-0.15, -0.1) is 10.2 Å². The van der Waals surface area contributed by atoms with Gasteiger partial charge in [0, 0.05) is 11.6 Å². The van der Waals surface area contributed by atoms with Gasteiger partial charge in [-0.1, -0.05) is 23.9 Å². The summed E-state index contributed by atoms with van der Waals surface area (Å²) in [6.07, 6.45) is 7.66. The van der Waals surface area contributed by atoms with Gasteiger partial charge in [0.1, 0.15) is 6.33 Å². The molecule has 0 radical (unpaired) electrons. The van der Waals surface area contributed by atoms with Crippen LogP contribution < -0.4 is 0 Å². The van der Waals surface area contributed by atoms with Gasteiger partial charge >= 0.3 is 0 Å². The van der Waals surface area contributed by atoms with Crippen molar-refractivity contribution in [1.29, 1.82) is 0 Å². The Labute approximate surface area is 128 Å². The zero-order valence-corrected chi connectivity index (χ0v) is 12.6. The second-order valence-electron chi connectivity index (χ2n) is 5.80. The van der Waals surface area contributed by atoms with Crippen LogP contribution in [0.4, 0.5) is 0 Å². The van der Waals surface area contributed by atoms with E-state index in [9.17, 15) is 4.79 Å². The van der Waals surface area contributed by atoms with Crippen LogP contribution in [0.1, 0.15) is 46.8 Å². The monoisotopic (exact) mass is 299 g/mol. The molecular formula is C16H17N3OS. The van der Waals surface area contributed by atoms with Crippen LogP contribution in [0.25, 0.3) is 0 Å². The molecule has 1 heterocycles. The highest BCUT2D eigenvalue weighted by molar-refractivity contribution is 7.99. The molecule has 0 atom stereocenters. The third-order valence-corrected chi connectivity index (χ3v) is 5.19. The van der Waals surface area contributed by atoms with E-state index in [1.54, 1.807) is 6.33 Å². The summed E-state index contributed by atoms with van der Waals surface area (Å²) < 4.78 is 2.10. The minimum Gasteiger partial charge on any atom is -0.306 e. The minimum absolute atomic E-state index is 0.181. The van der Waals surface area contributed by atoms with E-state index >= 15 is 0 Å². The lowest BCUT2D eigenvalue weighted by atomic mass is 10.0. The summed E-state index contributed by atoms with van der Waals surface area (Å²) in [5.74, 6) is 0.615. The predicted octanol–water partition coefficient (Wildman–Crippen LogP) is 3.08. The fourth-order valence-electron chi connectivity index (χ4n) is 2.90. The highest BCUT2D eigenvalue weighted by atomic mass is 32.2. The quantitative estimate of drug-likeness (QED) is 0.629. The predicted molar refractivity (Wildman–Crippen MR) is 81.8 cm³/mol. The molecule has 4 nitrogen and oxygen atoms in total. The van der Waals surface area contributed by atoms with Gasteiger partial charge in [-0.25, -0.2) is 0 Å². The Hall–Kier alpha value is -1.62. The number of benzene rings is 1. The average molecular weight is 299 g/mol. The van der Waals surface area contributed by atoms with Gasteiger partial charge < -0.3 is 4.57 Å². The number of thioether (sulfide) groups is 1. The molecule has 4 rings (SSSR count). The summed E-state index contributed by atoms with van der Waals surface area (Å²) in [5.41, 5.74) is 3.60. The van der Waals surface area contributed by atoms with Crippen molar-refractivity contribution in [2.24, 2.45) is 0 Å². The van der Waals surface area contributed by atoms with Gasteiger partial charge in [-0.05, 0) is 49.3 Å². The first kappa shape index (κ1) is 13.1. The van der Waals surface area contributed by atoms with Crippen LogP contribution >= 0.6 is 11.8 Å². The van der Waals surface area contributed by atoms with E-state index in [4.69, 9.17) is 0 Å². The van der Waals surface area contributed by atoms with E-state index in [1.807, 2.05) is 6.07 Å². The van der Waals surface area contributed by atoms with Crippen LogP contribution in [0.2, 0.25) is 0 Å². The molecule has 5 heteroatoms. The Morgan fingerprint density at radius 1 is 1.29 bits per heavy atom. The Kier molecular flexibility index (Phi) is 3.30. The Bertz CT molecular complexity index is 691. The van der Waals surface area contributed by atoms with Crippen molar-refractivity contribution in [1.82, 2.24) is 14.8 Å². The standard InChI is InChI=1S/C16H17N3OS/c20-15(13-5-4-11-2-1-3-12(11)8-13)9-21-16-18-17-10-19(16)14-6-7-14/h4-5,8,10,14H,1-3,6-7,9H2. The molecule has 0 N–H and O–H groups in total. The van der Waals surface area contributed by atoms with Gasteiger partial charge in [-0.2, -0.15) is 0 Å². The highest BCUT2D eigenvalue weighted by Gasteiger charge is 2.26. The van der Waals surface area contributed by atoms with Crippen molar-refractivity contribution >= 4 is 17.5 Å². The highest BCUT2D eigenvalue weighted by Crippen LogP contribution is 2.37. The molecule has 2 aliphatic carbocycles. The maximum atomic E-state index is 12.4. The maximum Gasteiger partial charge on any atom is 0.191 e. The number of carbonyl (C=O) groups excluding carboxylic acids is 1. The van der Waals surface area contributed by atoms with E-state index in [-0.39, 0.29) is 5.78 Å². The first-order valence-corrected chi connectivity index (χ1v) is 8.47. The normalized spacial score (nSPS) is 17.0. The third kappa shape index (κ3) is 2.62. The number of hydrogen-bond acceptors (Lipinski definition) is 4. The SMILES string of the molecule is O=C(CSc1nncn1C1CC1)c1ccc2c(c1)CCC2. The van der Waals surface area contributed by atoms with Crippen molar-refractivity contribution in [3.05, 3.63) is 41.2 Å². The molecule has 0 unspecified atom stereocenters. The molecule has 1 saturated carbocycles. The fourth-order valence-corrected chi connectivity index (χ4v) is 3.77. The summed E-state index contributed by atoms with van der Waals surface area (Å²) in [6.45, 7) is 0. The van der Waals surface area contributed by atoms with Crippen LogP contribution in [0.15, 0.2) is 29.7 Å². The summed E-state index contributed by atoms with van der Waals surface area (Å²) >= 11 is 1.50. The van der Waals surface area contributed by atoms with Crippen molar-refractivity contribution in [2.45, 2.75) is 43.3 Å². The topological polar surface area (TPSA) is 47.8 Å². The van der Waals surface area contributed by atoms with E-state index in [2.05, 4.69) is 26.9 Å². The Balaban J connectivity index is 1.44. The minimum atomic E-state index is 0.181. The first-order chi connectivity index (χ1) is 10.3. The van der Waals surface area contributed by atoms with Crippen molar-refractivity contribution < 1.29 is 4.79 Å². The van der Waals surface area contributed by atoms with Crippen LogP contribution in [0, 0.1) is 0 Å². The number of nitrogens with zero attached hydrogens (tertiary/aromatic N) is 3. The molecule has 0 spiro atoms. The van der Waals surface area contributed by atoms with E-state index in [1.165, 1.54) is 42.2 Å². The summed E-state index contributed by atoms with van der Waals surface area (Å²) in [4.78, 5) is 12.4. The second-order valence-corrected chi connectivity index (χ2v) is 6.74. The molecule has 0 amide bonds. The Morgan fingerprint density at radius 2 is 2.14 bits per heavy atom. The molecule has 108 valence electrons. The molecule has 1 aromatic heterocycles. The van der Waals surface area contributed by atoms with E-state index in [0.29, 0.717) is 11.8 Å². The largest absolute Gasteiger partial charge is 0.306 e. The number of fused-ring (bicyclic) bond motifs is 1. The summed E-state index contributed by atoms with van der Waals surface area (Å²) in [7, 11) is 0. The van der Waals surface area contributed by atoms with E-state index < -0.39 is 0 Å². The third-order valence-electron chi connectivity index (χ3n) is 4.23. The summed E-state index contributed by atoms with van der Waals surface area (Å²) in [5, 5.41) is 8.95. The molecule has 0 aliphatic heterocycles. The van der Waals surface area contributed by atoms with Crippen LogP contribution in [0.5, 0.6) is 0 Å². The number of hydrogen-bond donors (Lipinski definition) is 0. The molecule has 2 aromatic rings. The van der Waals surface area contributed by atoms with Gasteiger partial charge in [-0.3, -0.25) is 4.79 Å². The maximum absolute atomic E-state index is 12.4. The van der Waals surface area contributed by atoms with Crippen LogP contribution in [-0.2, 0) is 12.8 Å². The zero-order valence-electron chi connectivity index (χ0n) is 11.8. The van der Waals surface area contributed by atoms with Crippen molar-refractivity contribution in [3.8, 4) is 0 Å². The number of ketones is 1. The molecule has 0 saturated heterocycles. The van der Waals surface area contributed by atoms with Gasteiger partial charge in [0.15, 0.2) is 10.9 Å². The molecule has 1 fully saturated rings. The second kappa shape index (κ2) is 5.30. The van der Waals surface area contributed by atoms with Gasteiger partial charge in [0.05, 0.1) is 5.75 Å². The molecule has 21 heavy (non-hydrogen) atoms. The lowest BCUT2D eigenvalue weighted by Gasteiger charge is -2.05. The first-order valence-electron chi connectivity index (χ1n) is 7.48. The number of rotatable bonds is 5. The number of carbonyl (C=O) groups is 1. The van der Waals surface area contributed by atoms with Crippen molar-refractivity contribution in [2.75, 3.05) is 5.75 Å². The zero-order chi connectivity index (χ0) is 14.2. The summed E-state index contributed by atoms with van der Waals surface area (Å²) in [6, 6.07) is 6.72.